The van der Waals surface area contributed by atoms with Crippen molar-refractivity contribution in [2.24, 2.45) is 0 Å². The van der Waals surface area contributed by atoms with Gasteiger partial charge in [0.05, 0.1) is 11.3 Å². The van der Waals surface area contributed by atoms with Gasteiger partial charge in [-0.25, -0.2) is 4.98 Å². The van der Waals surface area contributed by atoms with Crippen LogP contribution < -0.4 is 10.1 Å². The van der Waals surface area contributed by atoms with Crippen LogP contribution in [-0.4, -0.2) is 45.2 Å². The number of likely N-dealkylation sites (tertiary alicyclic amines) is 1. The van der Waals surface area contributed by atoms with Gasteiger partial charge < -0.3 is 19.4 Å². The number of para-hydroxylation sites is 1. The Morgan fingerprint density at radius 1 is 0.944 bits per heavy atom. The summed E-state index contributed by atoms with van der Waals surface area (Å²) in [5.41, 5.74) is 4.99. The summed E-state index contributed by atoms with van der Waals surface area (Å²) in [6.07, 6.45) is 5.34. The second kappa shape index (κ2) is 10.2. The number of nitrogens with zero attached hydrogens (tertiary/aromatic N) is 3. The minimum atomic E-state index is -0.0567. The van der Waals surface area contributed by atoms with Gasteiger partial charge in [-0.05, 0) is 62.1 Å². The zero-order valence-corrected chi connectivity index (χ0v) is 20.6. The molecule has 1 saturated heterocycles. The van der Waals surface area contributed by atoms with E-state index < -0.39 is 0 Å². The average molecular weight is 483 g/mol. The maximum absolute atomic E-state index is 13.4. The first-order valence-electron chi connectivity index (χ1n) is 12.3. The van der Waals surface area contributed by atoms with Crippen molar-refractivity contribution < 1.29 is 14.3 Å². The lowest BCUT2D eigenvalue weighted by atomic mass is 10.0. The van der Waals surface area contributed by atoms with Crippen molar-refractivity contribution in [3.8, 4) is 5.75 Å². The molecule has 0 aliphatic carbocycles. The molecule has 1 fully saturated rings. The van der Waals surface area contributed by atoms with Crippen LogP contribution in [0.2, 0.25) is 0 Å². The number of hydrogen-bond acceptors (Lipinski definition) is 4. The molecule has 0 bridgehead atoms. The molecule has 0 atom stereocenters. The lowest BCUT2D eigenvalue weighted by Gasteiger charge is -2.32. The first kappa shape index (κ1) is 23.6. The molecular formula is C29H30N4O3. The van der Waals surface area contributed by atoms with Gasteiger partial charge in [0.1, 0.15) is 18.0 Å². The fourth-order valence-electron chi connectivity index (χ4n) is 4.68. The Balaban J connectivity index is 1.20. The monoisotopic (exact) mass is 482 g/mol. The topological polar surface area (TPSA) is 75.9 Å². The second-order valence-corrected chi connectivity index (χ2v) is 9.29. The molecule has 7 heteroatoms. The van der Waals surface area contributed by atoms with Gasteiger partial charge in [0.15, 0.2) is 0 Å². The van der Waals surface area contributed by atoms with E-state index in [0.717, 1.165) is 22.5 Å². The van der Waals surface area contributed by atoms with Gasteiger partial charge in [-0.1, -0.05) is 36.4 Å². The Hall–Kier alpha value is -4.13. The van der Waals surface area contributed by atoms with Gasteiger partial charge in [-0.2, -0.15) is 0 Å². The van der Waals surface area contributed by atoms with E-state index >= 15 is 0 Å². The third-order valence-electron chi connectivity index (χ3n) is 6.73. The number of carbonyl (C=O) groups is 2. The van der Waals surface area contributed by atoms with E-state index in [1.54, 1.807) is 6.07 Å². The Morgan fingerprint density at radius 3 is 2.39 bits per heavy atom. The number of piperidine rings is 1. The van der Waals surface area contributed by atoms with Crippen LogP contribution in [0.3, 0.4) is 0 Å². The smallest absolute Gasteiger partial charge is 0.257 e. The Kier molecular flexibility index (Phi) is 6.71. The molecular weight excluding hydrogens is 452 g/mol. The molecule has 0 spiro atoms. The van der Waals surface area contributed by atoms with E-state index in [0.29, 0.717) is 42.8 Å². The Morgan fingerprint density at radius 2 is 1.64 bits per heavy atom. The zero-order chi connectivity index (χ0) is 25.1. The first-order valence-corrected chi connectivity index (χ1v) is 12.3. The third-order valence-corrected chi connectivity index (χ3v) is 6.73. The summed E-state index contributed by atoms with van der Waals surface area (Å²) in [5, 5.41) is 3.13. The van der Waals surface area contributed by atoms with Gasteiger partial charge in [-0.15, -0.1) is 0 Å². The van der Waals surface area contributed by atoms with Crippen molar-refractivity contribution in [2.45, 2.75) is 39.3 Å². The van der Waals surface area contributed by atoms with Crippen LogP contribution in [-0.2, 0) is 6.61 Å². The molecule has 2 aromatic carbocycles. The fourth-order valence-corrected chi connectivity index (χ4v) is 4.68. The zero-order valence-electron chi connectivity index (χ0n) is 20.6. The highest BCUT2D eigenvalue weighted by Crippen LogP contribution is 2.23. The highest BCUT2D eigenvalue weighted by atomic mass is 16.5. The molecule has 184 valence electrons. The predicted molar refractivity (Wildman–Crippen MR) is 138 cm³/mol. The molecule has 4 aromatic rings. The molecule has 1 aliphatic heterocycles. The molecule has 2 aromatic heterocycles. The van der Waals surface area contributed by atoms with Crippen molar-refractivity contribution in [1.29, 1.82) is 0 Å². The molecule has 3 heterocycles. The molecule has 1 aliphatic rings. The number of aryl methyl sites for hydroxylation is 2. The molecule has 0 saturated carbocycles. The Labute approximate surface area is 210 Å². The van der Waals surface area contributed by atoms with Crippen molar-refractivity contribution >= 4 is 17.5 Å². The number of aromatic nitrogens is 2. The van der Waals surface area contributed by atoms with E-state index in [4.69, 9.17) is 4.74 Å². The van der Waals surface area contributed by atoms with Crippen LogP contribution in [0, 0.1) is 13.8 Å². The summed E-state index contributed by atoms with van der Waals surface area (Å²) in [7, 11) is 0. The fraction of sp³-hybridized carbons (Fsp3) is 0.276. The van der Waals surface area contributed by atoms with E-state index in [-0.39, 0.29) is 24.5 Å². The molecule has 1 N–H and O–H groups in total. The van der Waals surface area contributed by atoms with Gasteiger partial charge in [0.2, 0.25) is 0 Å². The number of fused-ring (bicyclic) bond motifs is 1. The number of imidazole rings is 1. The van der Waals surface area contributed by atoms with Gasteiger partial charge >= 0.3 is 0 Å². The average Bonchev–Trinajstić information content (AvgIpc) is 3.32. The highest BCUT2D eigenvalue weighted by Gasteiger charge is 2.26. The number of benzene rings is 2. The third kappa shape index (κ3) is 4.96. The van der Waals surface area contributed by atoms with Crippen LogP contribution in [0.25, 0.3) is 5.65 Å². The number of nitrogens with one attached hydrogen (secondary N) is 1. The molecule has 36 heavy (non-hydrogen) atoms. The number of amides is 2. The maximum Gasteiger partial charge on any atom is 0.257 e. The molecule has 0 radical (unpaired) electrons. The number of pyridine rings is 1. The summed E-state index contributed by atoms with van der Waals surface area (Å²) >= 11 is 0. The van der Waals surface area contributed by atoms with Crippen LogP contribution in [0.5, 0.6) is 5.75 Å². The maximum atomic E-state index is 13.4. The van der Waals surface area contributed by atoms with Crippen LogP contribution in [0.15, 0.2) is 73.1 Å². The van der Waals surface area contributed by atoms with Crippen LogP contribution in [0.1, 0.15) is 50.4 Å². The normalized spacial score (nSPS) is 14.1. The lowest BCUT2D eigenvalue weighted by Crippen LogP contribution is -2.46. The number of hydrogen-bond donors (Lipinski definition) is 1. The molecule has 2 amide bonds. The first-order chi connectivity index (χ1) is 17.5. The summed E-state index contributed by atoms with van der Waals surface area (Å²) in [6, 6.07) is 19.0. The second-order valence-electron chi connectivity index (χ2n) is 9.29. The standard InChI is InChI=1S/C29H30N4O3/c1-20-8-3-4-10-24(20)28(34)31-22-13-16-32(17-14-22)29(35)25-11-5-6-12-26(25)36-19-23-18-33-15-7-9-21(2)27(33)30-23/h3-12,15,18,22H,13-14,16-17,19H2,1-2H3,(H,31,34). The van der Waals surface area contributed by atoms with E-state index in [1.165, 1.54) is 0 Å². The van der Waals surface area contributed by atoms with Gasteiger partial charge in [0, 0.05) is 37.1 Å². The predicted octanol–water partition coefficient (Wildman–Crippen LogP) is 4.56. The van der Waals surface area contributed by atoms with E-state index in [2.05, 4.69) is 10.3 Å². The van der Waals surface area contributed by atoms with Gasteiger partial charge in [0.25, 0.3) is 11.8 Å². The van der Waals surface area contributed by atoms with E-state index in [1.807, 2.05) is 90.1 Å². The van der Waals surface area contributed by atoms with Crippen molar-refractivity contribution in [2.75, 3.05) is 13.1 Å². The summed E-state index contributed by atoms with van der Waals surface area (Å²) in [4.78, 5) is 32.5. The molecule has 7 nitrogen and oxygen atoms in total. The van der Waals surface area contributed by atoms with Crippen LogP contribution >= 0.6 is 0 Å². The van der Waals surface area contributed by atoms with Gasteiger partial charge in [-0.3, -0.25) is 9.59 Å². The largest absolute Gasteiger partial charge is 0.486 e. The van der Waals surface area contributed by atoms with Crippen molar-refractivity contribution in [3.05, 3.63) is 101 Å². The minimum Gasteiger partial charge on any atom is -0.486 e. The van der Waals surface area contributed by atoms with E-state index in [9.17, 15) is 9.59 Å². The van der Waals surface area contributed by atoms with Crippen LogP contribution in [0.4, 0.5) is 0 Å². The number of ether oxygens (including phenoxy) is 1. The summed E-state index contributed by atoms with van der Waals surface area (Å²) < 4.78 is 8.04. The lowest BCUT2D eigenvalue weighted by molar-refractivity contribution is 0.0693. The SMILES string of the molecule is Cc1ccccc1C(=O)NC1CCN(C(=O)c2ccccc2OCc2cn3cccc(C)c3n2)CC1. The molecule has 0 unspecified atom stereocenters. The van der Waals surface area contributed by atoms with Crippen molar-refractivity contribution in [3.63, 3.8) is 0 Å². The van der Waals surface area contributed by atoms with Crippen molar-refractivity contribution in [1.82, 2.24) is 19.6 Å². The Bertz CT molecular complexity index is 1400. The number of carbonyl (C=O) groups excluding carboxylic acids is 2. The number of rotatable bonds is 6. The molecule has 5 rings (SSSR count). The summed E-state index contributed by atoms with van der Waals surface area (Å²) in [5.74, 6) is 0.435. The highest BCUT2D eigenvalue weighted by molar-refractivity contribution is 5.97. The quantitative estimate of drug-likeness (QED) is 0.437. The summed E-state index contributed by atoms with van der Waals surface area (Å²) in [6.45, 7) is 5.40. The minimum absolute atomic E-state index is 0.0474.